The molecule has 0 bridgehead atoms. The van der Waals surface area contributed by atoms with Crippen LogP contribution in [0.5, 0.6) is 0 Å². The lowest BCUT2D eigenvalue weighted by atomic mass is 10.1. The number of carboxylic acids is 1. The van der Waals surface area contributed by atoms with E-state index in [0.29, 0.717) is 0 Å². The number of hydrogen-bond acceptors (Lipinski definition) is 4. The molecular weight excluding hydrogens is 283 g/mol. The van der Waals surface area contributed by atoms with Gasteiger partial charge in [-0.15, -0.1) is 0 Å². The summed E-state index contributed by atoms with van der Waals surface area (Å²) in [7, 11) is 1.04. The van der Waals surface area contributed by atoms with E-state index >= 15 is 0 Å². The molecule has 108 valence electrons. The molecule has 0 aromatic heterocycles. The van der Waals surface area contributed by atoms with E-state index in [1.165, 1.54) is 5.32 Å². The molecule has 1 amide bonds. The summed E-state index contributed by atoms with van der Waals surface area (Å²) in [6.45, 7) is 0. The Bertz CT molecular complexity index is 568. The van der Waals surface area contributed by atoms with Crippen LogP contribution < -0.4 is 5.32 Å². The highest BCUT2D eigenvalue weighted by Gasteiger charge is 2.39. The number of carbonyl (C=O) groups excluding carboxylic acids is 2. The number of halogens is 3. The molecule has 0 saturated carbocycles. The second-order valence-electron chi connectivity index (χ2n) is 3.51. The molecule has 0 aliphatic rings. The number of anilines is 1. The number of ether oxygens (including phenoxy) is 1. The normalized spacial score (nSPS) is 10.8. The van der Waals surface area contributed by atoms with Crippen molar-refractivity contribution in [1.29, 1.82) is 0 Å². The molecule has 0 spiro atoms. The highest BCUT2D eigenvalue weighted by atomic mass is 19.4. The Labute approximate surface area is 110 Å². The molecule has 0 radical (unpaired) electrons. The molecule has 20 heavy (non-hydrogen) atoms. The van der Waals surface area contributed by atoms with Crippen molar-refractivity contribution in [2.45, 2.75) is 6.18 Å². The van der Waals surface area contributed by atoms with Crippen LogP contribution in [0.4, 0.5) is 18.9 Å². The summed E-state index contributed by atoms with van der Waals surface area (Å²) in [5, 5.41) is 10.2. The van der Waals surface area contributed by atoms with E-state index in [2.05, 4.69) is 4.74 Å². The zero-order chi connectivity index (χ0) is 15.5. The predicted octanol–water partition coefficient (Wildman–Crippen LogP) is 1.67. The van der Waals surface area contributed by atoms with Gasteiger partial charge in [-0.3, -0.25) is 4.79 Å². The van der Waals surface area contributed by atoms with Crippen LogP contribution in [0.3, 0.4) is 0 Å². The van der Waals surface area contributed by atoms with Crippen LogP contribution >= 0.6 is 0 Å². The van der Waals surface area contributed by atoms with Crippen LogP contribution in [0, 0.1) is 0 Å². The number of nitrogens with one attached hydrogen (secondary N) is 1. The number of methoxy groups -OCH3 is 1. The van der Waals surface area contributed by atoms with E-state index in [4.69, 9.17) is 5.11 Å². The zero-order valence-corrected chi connectivity index (χ0v) is 9.95. The molecule has 0 aliphatic heterocycles. The van der Waals surface area contributed by atoms with Gasteiger partial charge in [-0.2, -0.15) is 13.2 Å². The first-order chi connectivity index (χ1) is 9.16. The van der Waals surface area contributed by atoms with Gasteiger partial charge in [-0.25, -0.2) is 9.59 Å². The SMILES string of the molecule is COC(=O)c1ccc(C(=O)O)c(NC(=O)C(F)(F)F)c1. The average Bonchev–Trinajstić information content (AvgIpc) is 2.36. The van der Waals surface area contributed by atoms with E-state index < -0.39 is 35.3 Å². The fourth-order valence-electron chi connectivity index (χ4n) is 1.27. The Balaban J connectivity index is 3.23. The zero-order valence-electron chi connectivity index (χ0n) is 9.95. The standard InChI is InChI=1S/C11H8F3NO5/c1-20-9(18)5-2-3-6(8(16)17)7(4-5)15-10(19)11(12,13)14/h2-4H,1H3,(H,15,19)(H,16,17). The van der Waals surface area contributed by atoms with Crippen LogP contribution in [0.15, 0.2) is 18.2 Å². The average molecular weight is 291 g/mol. The topological polar surface area (TPSA) is 92.7 Å². The Hall–Kier alpha value is -2.58. The van der Waals surface area contributed by atoms with Crippen LogP contribution in [-0.2, 0) is 9.53 Å². The smallest absolute Gasteiger partial charge is 0.471 e. The van der Waals surface area contributed by atoms with Gasteiger partial charge in [0, 0.05) is 0 Å². The summed E-state index contributed by atoms with van der Waals surface area (Å²) >= 11 is 0. The summed E-state index contributed by atoms with van der Waals surface area (Å²) in [6.07, 6.45) is -5.18. The largest absolute Gasteiger partial charge is 0.478 e. The highest BCUT2D eigenvalue weighted by molar-refractivity contribution is 6.04. The summed E-state index contributed by atoms with van der Waals surface area (Å²) in [6, 6.07) is 2.73. The lowest BCUT2D eigenvalue weighted by Crippen LogP contribution is -2.30. The monoisotopic (exact) mass is 291 g/mol. The van der Waals surface area contributed by atoms with Crippen molar-refractivity contribution in [1.82, 2.24) is 0 Å². The lowest BCUT2D eigenvalue weighted by molar-refractivity contribution is -0.167. The third-order valence-corrected chi connectivity index (χ3v) is 2.18. The molecule has 6 nitrogen and oxygen atoms in total. The number of carboxylic acid groups (broad SMARTS) is 1. The van der Waals surface area contributed by atoms with Crippen molar-refractivity contribution in [3.05, 3.63) is 29.3 Å². The summed E-state index contributed by atoms with van der Waals surface area (Å²) in [5.41, 5.74) is -1.44. The Kier molecular flexibility index (Phi) is 4.33. The molecule has 1 rings (SSSR count). The van der Waals surface area contributed by atoms with E-state index in [1.807, 2.05) is 0 Å². The Morgan fingerprint density at radius 2 is 1.85 bits per heavy atom. The number of rotatable bonds is 3. The van der Waals surface area contributed by atoms with Gasteiger partial charge in [-0.05, 0) is 18.2 Å². The molecule has 1 aromatic rings. The first-order valence-electron chi connectivity index (χ1n) is 5.00. The van der Waals surface area contributed by atoms with Crippen molar-refractivity contribution in [2.24, 2.45) is 0 Å². The summed E-state index contributed by atoms with van der Waals surface area (Å²) in [4.78, 5) is 32.9. The van der Waals surface area contributed by atoms with Crippen molar-refractivity contribution in [3.63, 3.8) is 0 Å². The molecule has 0 aliphatic carbocycles. The predicted molar refractivity (Wildman–Crippen MR) is 59.4 cm³/mol. The number of amides is 1. The van der Waals surface area contributed by atoms with E-state index in [1.54, 1.807) is 0 Å². The maximum Gasteiger partial charge on any atom is 0.471 e. The molecule has 0 fully saturated rings. The van der Waals surface area contributed by atoms with Gasteiger partial charge in [0.25, 0.3) is 0 Å². The van der Waals surface area contributed by atoms with Crippen molar-refractivity contribution in [3.8, 4) is 0 Å². The third-order valence-electron chi connectivity index (χ3n) is 2.18. The number of alkyl halides is 3. The number of hydrogen-bond donors (Lipinski definition) is 2. The quantitative estimate of drug-likeness (QED) is 0.826. The minimum atomic E-state index is -5.18. The molecule has 0 unspecified atom stereocenters. The van der Waals surface area contributed by atoms with E-state index in [0.717, 1.165) is 25.3 Å². The second-order valence-corrected chi connectivity index (χ2v) is 3.51. The molecular formula is C11H8F3NO5. The number of aromatic carboxylic acids is 1. The second kappa shape index (κ2) is 5.59. The molecule has 0 heterocycles. The minimum absolute atomic E-state index is 0.199. The molecule has 9 heteroatoms. The van der Waals surface area contributed by atoms with E-state index in [9.17, 15) is 27.6 Å². The maximum atomic E-state index is 12.1. The first kappa shape index (κ1) is 15.5. The Morgan fingerprint density at radius 3 is 2.30 bits per heavy atom. The molecule has 0 saturated heterocycles. The fraction of sp³-hybridized carbons (Fsp3) is 0.182. The number of esters is 1. The van der Waals surface area contributed by atoms with Gasteiger partial charge in [0.2, 0.25) is 0 Å². The van der Waals surface area contributed by atoms with Gasteiger partial charge in [0.05, 0.1) is 23.9 Å². The fourth-order valence-corrected chi connectivity index (χ4v) is 1.27. The van der Waals surface area contributed by atoms with Crippen LogP contribution in [0.25, 0.3) is 0 Å². The van der Waals surface area contributed by atoms with E-state index in [-0.39, 0.29) is 5.56 Å². The van der Waals surface area contributed by atoms with Crippen molar-refractivity contribution >= 4 is 23.5 Å². The van der Waals surface area contributed by atoms with Crippen LogP contribution in [-0.4, -0.2) is 36.2 Å². The van der Waals surface area contributed by atoms with Crippen LogP contribution in [0.2, 0.25) is 0 Å². The summed E-state index contributed by atoms with van der Waals surface area (Å²) in [5.74, 6) is -4.79. The first-order valence-corrected chi connectivity index (χ1v) is 5.00. The highest BCUT2D eigenvalue weighted by Crippen LogP contribution is 2.22. The molecule has 1 aromatic carbocycles. The Morgan fingerprint density at radius 1 is 1.25 bits per heavy atom. The van der Waals surface area contributed by atoms with Gasteiger partial charge in [-0.1, -0.05) is 0 Å². The van der Waals surface area contributed by atoms with Crippen molar-refractivity contribution in [2.75, 3.05) is 12.4 Å². The van der Waals surface area contributed by atoms with Gasteiger partial charge in [0.1, 0.15) is 0 Å². The van der Waals surface area contributed by atoms with Gasteiger partial charge < -0.3 is 15.2 Å². The lowest BCUT2D eigenvalue weighted by Gasteiger charge is -2.11. The van der Waals surface area contributed by atoms with Gasteiger partial charge in [0.15, 0.2) is 0 Å². The minimum Gasteiger partial charge on any atom is -0.478 e. The number of carbonyl (C=O) groups is 3. The van der Waals surface area contributed by atoms with Crippen molar-refractivity contribution < 1.29 is 37.4 Å². The van der Waals surface area contributed by atoms with Gasteiger partial charge >= 0.3 is 24.0 Å². The molecule has 0 atom stereocenters. The maximum absolute atomic E-state index is 12.1. The molecule has 2 N–H and O–H groups in total. The van der Waals surface area contributed by atoms with Crippen LogP contribution in [0.1, 0.15) is 20.7 Å². The third kappa shape index (κ3) is 3.46. The summed E-state index contributed by atoms with van der Waals surface area (Å²) < 4.78 is 40.8. The number of benzene rings is 1.